The summed E-state index contributed by atoms with van der Waals surface area (Å²) in [6.45, 7) is 25.7. The van der Waals surface area contributed by atoms with Gasteiger partial charge in [-0.2, -0.15) is 0 Å². The number of nitrogens with one attached hydrogen (secondary N) is 2. The minimum atomic E-state index is -0.497. The second-order valence-electron chi connectivity index (χ2n) is 16.8. The van der Waals surface area contributed by atoms with Crippen molar-refractivity contribution in [3.05, 3.63) is 70.8 Å². The molecule has 2 aromatic carbocycles. The summed E-state index contributed by atoms with van der Waals surface area (Å²) < 4.78 is 10.6. The fraction of sp³-hybridized carbons (Fsp3) is 0.619. The molecule has 2 aliphatic heterocycles. The zero-order valence-corrected chi connectivity index (χ0v) is 33.3. The maximum Gasteiger partial charge on any atom is 0.251 e. The number of hydrogen-bond acceptors (Lipinski definition) is 6. The second-order valence-corrected chi connectivity index (χ2v) is 16.8. The predicted octanol–water partition coefficient (Wildman–Crippen LogP) is 5.97. The monoisotopic (exact) mass is 720 g/mol. The molecule has 2 aliphatic rings. The number of amides is 4. The quantitative estimate of drug-likeness (QED) is 0.312. The number of hydrogen-bond donors (Lipinski definition) is 2. The molecule has 52 heavy (non-hydrogen) atoms. The number of nitrogens with zero attached hydrogens (tertiary/aromatic N) is 2. The molecule has 4 rings (SSSR count). The van der Waals surface area contributed by atoms with E-state index in [-0.39, 0.29) is 34.5 Å². The van der Waals surface area contributed by atoms with Crippen molar-refractivity contribution in [1.29, 1.82) is 0 Å². The summed E-state index contributed by atoms with van der Waals surface area (Å²) in [6, 6.07) is 14.3. The number of rotatable bonds is 10. The van der Waals surface area contributed by atoms with Crippen molar-refractivity contribution in [2.75, 3.05) is 52.6 Å². The standard InChI is InChI=1S/2C21H32N2O3/c2*1-15(2)14-18(20(25)23-10-12-26-13-11-23)22-19(24)16-6-8-17(9-7-16)21(3,4)5/h2*6-9,15,18H,10-14H2,1-5H3,(H,22,24)/t2*18-/m00/s1. The van der Waals surface area contributed by atoms with E-state index in [2.05, 4.69) is 79.9 Å². The van der Waals surface area contributed by atoms with Crippen molar-refractivity contribution >= 4 is 23.6 Å². The summed E-state index contributed by atoms with van der Waals surface area (Å²) in [5.74, 6) is 0.209. The number of carbonyl (C=O) groups excluding carboxylic acids is 4. The van der Waals surface area contributed by atoms with Gasteiger partial charge in [0.1, 0.15) is 12.1 Å². The Morgan fingerprint density at radius 1 is 0.558 bits per heavy atom. The highest BCUT2D eigenvalue weighted by Gasteiger charge is 2.30. The smallest absolute Gasteiger partial charge is 0.251 e. The van der Waals surface area contributed by atoms with Gasteiger partial charge in [-0.3, -0.25) is 19.2 Å². The van der Waals surface area contributed by atoms with E-state index in [4.69, 9.17) is 9.47 Å². The number of carbonyl (C=O) groups is 4. The molecule has 0 spiro atoms. The van der Waals surface area contributed by atoms with Gasteiger partial charge in [-0.05, 0) is 70.9 Å². The van der Waals surface area contributed by atoms with Crippen LogP contribution in [0.5, 0.6) is 0 Å². The lowest BCUT2D eigenvalue weighted by atomic mass is 9.86. The average molecular weight is 721 g/mol. The molecule has 0 radical (unpaired) electrons. The lowest BCUT2D eigenvalue weighted by Crippen LogP contribution is -2.52. The van der Waals surface area contributed by atoms with Crippen molar-refractivity contribution in [3.8, 4) is 0 Å². The van der Waals surface area contributed by atoms with Gasteiger partial charge in [0.05, 0.1) is 26.4 Å². The van der Waals surface area contributed by atoms with Crippen LogP contribution in [0.3, 0.4) is 0 Å². The normalized spacial score (nSPS) is 16.5. The molecular weight excluding hydrogens is 656 g/mol. The Hall–Kier alpha value is -3.76. The van der Waals surface area contributed by atoms with E-state index in [0.717, 1.165) is 0 Å². The molecule has 0 saturated carbocycles. The van der Waals surface area contributed by atoms with E-state index in [0.29, 0.717) is 88.4 Å². The average Bonchev–Trinajstić information content (AvgIpc) is 3.10. The lowest BCUT2D eigenvalue weighted by molar-refractivity contribution is -0.138. The van der Waals surface area contributed by atoms with E-state index in [1.165, 1.54) is 11.1 Å². The van der Waals surface area contributed by atoms with Crippen LogP contribution in [0, 0.1) is 11.8 Å². The highest BCUT2D eigenvalue weighted by atomic mass is 16.5. The van der Waals surface area contributed by atoms with Gasteiger partial charge in [0.25, 0.3) is 11.8 Å². The molecule has 10 nitrogen and oxygen atoms in total. The highest BCUT2D eigenvalue weighted by molar-refractivity contribution is 5.98. The van der Waals surface area contributed by atoms with Crippen LogP contribution in [0.25, 0.3) is 0 Å². The number of ether oxygens (including phenoxy) is 2. The molecule has 2 saturated heterocycles. The van der Waals surface area contributed by atoms with E-state index in [1.807, 2.05) is 48.5 Å². The summed E-state index contributed by atoms with van der Waals surface area (Å²) in [5, 5.41) is 5.90. The van der Waals surface area contributed by atoms with E-state index in [9.17, 15) is 19.2 Å². The molecule has 0 aromatic heterocycles. The summed E-state index contributed by atoms with van der Waals surface area (Å²) in [5.41, 5.74) is 3.61. The Kier molecular flexibility index (Phi) is 15.9. The van der Waals surface area contributed by atoms with Crippen molar-refractivity contribution in [2.45, 2.75) is 105 Å². The van der Waals surface area contributed by atoms with E-state index in [1.54, 1.807) is 9.80 Å². The summed E-state index contributed by atoms with van der Waals surface area (Å²) in [6.07, 6.45) is 1.25. The molecular formula is C42H64N4O6. The third-order valence-corrected chi connectivity index (χ3v) is 9.29. The Morgan fingerprint density at radius 3 is 1.10 bits per heavy atom. The molecule has 0 bridgehead atoms. The Morgan fingerprint density at radius 2 is 0.846 bits per heavy atom. The van der Waals surface area contributed by atoms with Gasteiger partial charge < -0.3 is 29.9 Å². The van der Waals surface area contributed by atoms with E-state index >= 15 is 0 Å². The van der Waals surface area contributed by atoms with Gasteiger partial charge in [-0.25, -0.2) is 0 Å². The summed E-state index contributed by atoms with van der Waals surface area (Å²) >= 11 is 0. The predicted molar refractivity (Wildman–Crippen MR) is 207 cm³/mol. The van der Waals surface area contributed by atoms with Crippen LogP contribution in [0.15, 0.2) is 48.5 Å². The van der Waals surface area contributed by atoms with Crippen LogP contribution in [-0.2, 0) is 29.9 Å². The molecule has 2 N–H and O–H groups in total. The summed E-state index contributed by atoms with van der Waals surface area (Å²) in [4.78, 5) is 54.6. The van der Waals surface area contributed by atoms with Crippen LogP contribution >= 0.6 is 0 Å². The minimum Gasteiger partial charge on any atom is -0.378 e. The first-order valence-corrected chi connectivity index (χ1v) is 18.9. The Balaban J connectivity index is 0.000000280. The first-order chi connectivity index (χ1) is 24.4. The van der Waals surface area contributed by atoms with E-state index < -0.39 is 12.1 Å². The molecule has 2 aromatic rings. The van der Waals surface area contributed by atoms with Gasteiger partial charge in [0.2, 0.25) is 11.8 Å². The van der Waals surface area contributed by atoms with Gasteiger partial charge in [0, 0.05) is 37.3 Å². The van der Waals surface area contributed by atoms with Crippen LogP contribution in [-0.4, -0.2) is 98.1 Å². The zero-order chi connectivity index (χ0) is 38.6. The Bertz CT molecular complexity index is 1330. The van der Waals surface area contributed by atoms with Crippen LogP contribution in [0.1, 0.15) is 114 Å². The molecule has 2 atom stereocenters. The SMILES string of the molecule is CC(C)C[C@H](NC(=O)c1ccc(C(C)(C)C)cc1)C(=O)N1CCOCC1.CC(C)C[C@H](NC(=O)c1ccc(C(C)(C)C)cc1)C(=O)N1CCOCC1. The number of morpholine rings is 2. The van der Waals surface area contributed by atoms with Gasteiger partial charge in [-0.1, -0.05) is 93.5 Å². The van der Waals surface area contributed by atoms with Crippen LogP contribution in [0.4, 0.5) is 0 Å². The van der Waals surface area contributed by atoms with Crippen molar-refractivity contribution < 1.29 is 28.7 Å². The number of benzene rings is 2. The van der Waals surface area contributed by atoms with Crippen LogP contribution < -0.4 is 10.6 Å². The van der Waals surface area contributed by atoms with Gasteiger partial charge in [-0.15, -0.1) is 0 Å². The van der Waals surface area contributed by atoms with Crippen molar-refractivity contribution in [1.82, 2.24) is 20.4 Å². The van der Waals surface area contributed by atoms with Crippen molar-refractivity contribution in [3.63, 3.8) is 0 Å². The second kappa shape index (κ2) is 19.4. The summed E-state index contributed by atoms with van der Waals surface area (Å²) in [7, 11) is 0. The minimum absolute atomic E-state index is 0.0124. The first kappa shape index (κ1) is 42.7. The first-order valence-electron chi connectivity index (χ1n) is 18.9. The lowest BCUT2D eigenvalue weighted by Gasteiger charge is -2.31. The maximum absolute atomic E-state index is 12.8. The van der Waals surface area contributed by atoms with Crippen molar-refractivity contribution in [2.24, 2.45) is 11.8 Å². The molecule has 10 heteroatoms. The molecule has 0 unspecified atom stereocenters. The third-order valence-electron chi connectivity index (χ3n) is 9.29. The topological polar surface area (TPSA) is 117 Å². The fourth-order valence-corrected chi connectivity index (χ4v) is 6.12. The largest absolute Gasteiger partial charge is 0.378 e. The van der Waals surface area contributed by atoms with Crippen LogP contribution in [0.2, 0.25) is 0 Å². The molecule has 288 valence electrons. The molecule has 0 aliphatic carbocycles. The molecule has 4 amide bonds. The fourth-order valence-electron chi connectivity index (χ4n) is 6.12. The maximum atomic E-state index is 12.8. The van der Waals surface area contributed by atoms with Gasteiger partial charge in [0.15, 0.2) is 0 Å². The van der Waals surface area contributed by atoms with Gasteiger partial charge >= 0.3 is 0 Å². The highest BCUT2D eigenvalue weighted by Crippen LogP contribution is 2.23. The zero-order valence-electron chi connectivity index (χ0n) is 33.3. The molecule has 2 heterocycles. The molecule has 2 fully saturated rings. The third kappa shape index (κ3) is 13.3. The Labute approximate surface area is 312 Å².